The number of benzene rings is 1. The molecule has 0 saturated carbocycles. The maximum Gasteiger partial charge on any atom is 0.207 e. The largest absolute Gasteiger partial charge is 0.495 e. The fraction of sp³-hybridized carbons (Fsp3) is 0.333. The van der Waals surface area contributed by atoms with E-state index in [9.17, 15) is 0 Å². The predicted molar refractivity (Wildman–Crippen MR) is 102 cm³/mol. The first-order chi connectivity index (χ1) is 12.3. The number of ether oxygens (including phenoxy) is 1. The second-order valence-electron chi connectivity index (χ2n) is 6.21. The number of methoxy groups -OCH3 is 1. The minimum absolute atomic E-state index is 0.715. The molecule has 1 fully saturated rings. The highest BCUT2D eigenvalue weighted by atomic mass is 32.1. The Balaban J connectivity index is 1.86. The van der Waals surface area contributed by atoms with E-state index in [1.807, 2.05) is 39.6 Å². The van der Waals surface area contributed by atoms with Crippen LogP contribution in [0, 0.1) is 4.77 Å². The molecule has 1 saturated heterocycles. The topological polar surface area (TPSA) is 36.4 Å². The van der Waals surface area contributed by atoms with Crippen LogP contribution in [0.2, 0.25) is 0 Å². The molecule has 1 aliphatic heterocycles. The van der Waals surface area contributed by atoms with Crippen molar-refractivity contribution >= 4 is 23.6 Å². The van der Waals surface area contributed by atoms with E-state index < -0.39 is 0 Å². The van der Waals surface area contributed by atoms with Crippen molar-refractivity contribution in [3.63, 3.8) is 0 Å². The summed E-state index contributed by atoms with van der Waals surface area (Å²) in [6.07, 6.45) is 2.57. The number of hydrogen-bond acceptors (Lipinski definition) is 4. The molecule has 0 radical (unpaired) electrons. The minimum Gasteiger partial charge on any atom is -0.495 e. The van der Waals surface area contributed by atoms with Crippen LogP contribution >= 0.6 is 23.6 Å². The van der Waals surface area contributed by atoms with Crippen LogP contribution in [-0.2, 0) is 6.67 Å². The maximum absolute atomic E-state index is 5.81. The molecule has 0 aliphatic carbocycles. The Morgan fingerprint density at radius 2 is 2.00 bits per heavy atom. The van der Waals surface area contributed by atoms with Crippen LogP contribution in [-0.4, -0.2) is 34.5 Å². The van der Waals surface area contributed by atoms with Crippen molar-refractivity contribution < 1.29 is 9.64 Å². The molecule has 0 atom stereocenters. The molecule has 130 valence electrons. The molecule has 0 bridgehead atoms. The molecule has 5 nitrogen and oxygen atoms in total. The van der Waals surface area contributed by atoms with Crippen LogP contribution < -0.4 is 9.64 Å². The lowest BCUT2D eigenvalue weighted by Gasteiger charge is -2.12. The second kappa shape index (κ2) is 7.11. The van der Waals surface area contributed by atoms with Gasteiger partial charge < -0.3 is 9.64 Å². The summed E-state index contributed by atoms with van der Waals surface area (Å²) in [7, 11) is 1.69. The summed E-state index contributed by atoms with van der Waals surface area (Å²) >= 11 is 7.48. The Hall–Kier alpha value is -1.96. The number of quaternary nitrogens is 1. The van der Waals surface area contributed by atoms with Gasteiger partial charge in [-0.25, -0.2) is 0 Å². The Bertz CT molecular complexity index is 908. The standard InChI is InChI=1S/C18H20N4OS2/c1-23-15-8-3-2-7-14(15)22-17(16-9-6-12-25-16)19-21(18(22)24)13-20-10-4-5-11-20/h2-3,6-9,12H,4-5,10-11,13H2,1H3/p+1. The van der Waals surface area contributed by atoms with Crippen LogP contribution in [0.4, 0.5) is 0 Å². The third-order valence-corrected chi connectivity index (χ3v) is 5.85. The zero-order chi connectivity index (χ0) is 17.2. The average molecular weight is 374 g/mol. The molecule has 25 heavy (non-hydrogen) atoms. The van der Waals surface area contributed by atoms with Gasteiger partial charge in [-0.3, -0.25) is 4.57 Å². The zero-order valence-corrected chi connectivity index (χ0v) is 15.8. The Labute approximate surface area is 156 Å². The fourth-order valence-electron chi connectivity index (χ4n) is 3.35. The summed E-state index contributed by atoms with van der Waals surface area (Å²) in [5.41, 5.74) is 0.932. The molecule has 3 aromatic rings. The highest BCUT2D eigenvalue weighted by Gasteiger charge is 2.21. The number of aromatic nitrogens is 3. The number of para-hydroxylation sites is 2. The smallest absolute Gasteiger partial charge is 0.207 e. The van der Waals surface area contributed by atoms with E-state index in [0.29, 0.717) is 4.77 Å². The van der Waals surface area contributed by atoms with Gasteiger partial charge in [-0.2, -0.15) is 4.68 Å². The van der Waals surface area contributed by atoms with Gasteiger partial charge in [0.2, 0.25) is 4.77 Å². The zero-order valence-electron chi connectivity index (χ0n) is 14.1. The first-order valence-corrected chi connectivity index (χ1v) is 9.77. The van der Waals surface area contributed by atoms with Gasteiger partial charge in [0.25, 0.3) is 0 Å². The van der Waals surface area contributed by atoms with Crippen molar-refractivity contribution in [3.05, 3.63) is 46.5 Å². The summed E-state index contributed by atoms with van der Waals surface area (Å²) < 4.78 is 10.3. The van der Waals surface area contributed by atoms with E-state index in [1.165, 1.54) is 25.9 Å². The minimum atomic E-state index is 0.715. The molecule has 4 rings (SSSR count). The van der Waals surface area contributed by atoms with E-state index in [2.05, 4.69) is 11.4 Å². The molecular weight excluding hydrogens is 352 g/mol. The van der Waals surface area contributed by atoms with Crippen molar-refractivity contribution in [2.45, 2.75) is 19.5 Å². The second-order valence-corrected chi connectivity index (χ2v) is 7.52. The lowest BCUT2D eigenvalue weighted by Crippen LogP contribution is -3.09. The summed E-state index contributed by atoms with van der Waals surface area (Å²) in [5.74, 6) is 1.67. The Morgan fingerprint density at radius 1 is 1.20 bits per heavy atom. The Kier molecular flexibility index (Phi) is 4.70. The van der Waals surface area contributed by atoms with E-state index in [4.69, 9.17) is 22.1 Å². The maximum atomic E-state index is 5.81. The van der Waals surface area contributed by atoms with Gasteiger partial charge >= 0.3 is 0 Å². The number of nitrogens with one attached hydrogen (secondary N) is 1. The molecule has 1 N–H and O–H groups in total. The third-order valence-electron chi connectivity index (χ3n) is 4.59. The van der Waals surface area contributed by atoms with Crippen LogP contribution in [0.25, 0.3) is 16.4 Å². The van der Waals surface area contributed by atoms with Crippen LogP contribution in [0.3, 0.4) is 0 Å². The lowest BCUT2D eigenvalue weighted by molar-refractivity contribution is -0.911. The van der Waals surface area contributed by atoms with Crippen LogP contribution in [0.15, 0.2) is 41.8 Å². The van der Waals surface area contributed by atoms with E-state index in [0.717, 1.165) is 28.8 Å². The average Bonchev–Trinajstić information content (AvgIpc) is 3.38. The van der Waals surface area contributed by atoms with Gasteiger partial charge in [-0.15, -0.1) is 16.4 Å². The van der Waals surface area contributed by atoms with Gasteiger partial charge in [0.05, 0.1) is 30.8 Å². The van der Waals surface area contributed by atoms with E-state index in [-0.39, 0.29) is 0 Å². The SMILES string of the molecule is COc1ccccc1-n1c(-c2cccs2)nn(C[NH+]2CCCC2)c1=S. The van der Waals surface area contributed by atoms with Crippen LogP contribution in [0.1, 0.15) is 12.8 Å². The van der Waals surface area contributed by atoms with E-state index >= 15 is 0 Å². The summed E-state index contributed by atoms with van der Waals surface area (Å²) in [5, 5.41) is 6.94. The van der Waals surface area contributed by atoms with Gasteiger partial charge in [0, 0.05) is 12.8 Å². The summed E-state index contributed by atoms with van der Waals surface area (Å²) in [6.45, 7) is 3.20. The molecule has 2 aromatic heterocycles. The third kappa shape index (κ3) is 3.15. The summed E-state index contributed by atoms with van der Waals surface area (Å²) in [6, 6.07) is 12.1. The monoisotopic (exact) mass is 373 g/mol. The number of rotatable bonds is 5. The first-order valence-electron chi connectivity index (χ1n) is 8.48. The highest BCUT2D eigenvalue weighted by molar-refractivity contribution is 7.71. The number of hydrogen-bond donors (Lipinski definition) is 1. The van der Waals surface area contributed by atoms with Crippen molar-refractivity contribution in [2.24, 2.45) is 0 Å². The number of nitrogens with zero attached hydrogens (tertiary/aromatic N) is 3. The quantitative estimate of drug-likeness (QED) is 0.699. The molecule has 1 aliphatic rings. The van der Waals surface area contributed by atoms with Crippen molar-refractivity contribution in [2.75, 3.05) is 20.2 Å². The number of thiophene rings is 1. The summed E-state index contributed by atoms with van der Waals surface area (Å²) in [4.78, 5) is 2.64. The molecule has 7 heteroatoms. The van der Waals surface area contributed by atoms with E-state index in [1.54, 1.807) is 23.3 Å². The molecule has 0 spiro atoms. The molecule has 3 heterocycles. The Morgan fingerprint density at radius 3 is 2.72 bits per heavy atom. The molecule has 1 aromatic carbocycles. The van der Waals surface area contributed by atoms with Crippen molar-refractivity contribution in [3.8, 4) is 22.1 Å². The number of likely N-dealkylation sites (tertiary alicyclic amines) is 1. The van der Waals surface area contributed by atoms with Crippen molar-refractivity contribution in [1.82, 2.24) is 14.3 Å². The predicted octanol–water partition coefficient (Wildman–Crippen LogP) is 2.78. The van der Waals surface area contributed by atoms with Gasteiger partial charge in [0.15, 0.2) is 12.5 Å². The van der Waals surface area contributed by atoms with Crippen molar-refractivity contribution in [1.29, 1.82) is 0 Å². The normalized spacial score (nSPS) is 14.9. The molecular formula is C18H21N4OS2+. The van der Waals surface area contributed by atoms with Crippen LogP contribution in [0.5, 0.6) is 5.75 Å². The fourth-order valence-corrected chi connectivity index (χ4v) is 4.34. The molecule has 0 unspecified atom stereocenters. The highest BCUT2D eigenvalue weighted by Crippen LogP contribution is 2.30. The molecule has 0 amide bonds. The van der Waals surface area contributed by atoms with Gasteiger partial charge in [-0.1, -0.05) is 18.2 Å². The van der Waals surface area contributed by atoms with Gasteiger partial charge in [0.1, 0.15) is 5.75 Å². The first kappa shape index (κ1) is 16.5. The van der Waals surface area contributed by atoms with Gasteiger partial charge in [-0.05, 0) is 35.8 Å². The lowest BCUT2D eigenvalue weighted by atomic mass is 10.3.